The number of hydrogen-bond acceptors (Lipinski definition) is 6. The van der Waals surface area contributed by atoms with E-state index in [1.165, 1.54) is 0 Å². The number of aromatic nitrogens is 3. The lowest BCUT2D eigenvalue weighted by atomic mass is 10.1. The molecule has 96 valence electrons. The summed E-state index contributed by atoms with van der Waals surface area (Å²) in [6.45, 7) is 6.47. The van der Waals surface area contributed by atoms with Gasteiger partial charge in [-0.1, -0.05) is 0 Å². The Morgan fingerprint density at radius 3 is 2.41 bits per heavy atom. The maximum absolute atomic E-state index is 10.1. The van der Waals surface area contributed by atoms with E-state index in [1.54, 1.807) is 6.92 Å². The zero-order chi connectivity index (χ0) is 13.1. The minimum absolute atomic E-state index is 0.384. The fourth-order valence-corrected chi connectivity index (χ4v) is 1.54. The first kappa shape index (κ1) is 13.8. The van der Waals surface area contributed by atoms with Gasteiger partial charge in [0.15, 0.2) is 0 Å². The standard InChI is InChI=1S/C11H21N5O/c1-8-9(2)14-15-10(13-8)12-6-11(3,17)7-16(4)5/h17H,6-7H2,1-5H3,(H,12,13,15). The Kier molecular flexibility index (Phi) is 4.36. The molecule has 0 aliphatic rings. The van der Waals surface area contributed by atoms with Gasteiger partial charge in [0.1, 0.15) is 0 Å². The van der Waals surface area contributed by atoms with E-state index in [9.17, 15) is 5.11 Å². The molecule has 1 heterocycles. The van der Waals surface area contributed by atoms with Gasteiger partial charge in [-0.2, -0.15) is 5.10 Å². The molecule has 17 heavy (non-hydrogen) atoms. The molecule has 0 aromatic carbocycles. The van der Waals surface area contributed by atoms with Crippen molar-refractivity contribution in [3.8, 4) is 0 Å². The first-order chi connectivity index (χ1) is 7.80. The summed E-state index contributed by atoms with van der Waals surface area (Å²) >= 11 is 0. The molecule has 6 nitrogen and oxygen atoms in total. The van der Waals surface area contributed by atoms with E-state index in [-0.39, 0.29) is 0 Å². The van der Waals surface area contributed by atoms with Gasteiger partial charge in [0, 0.05) is 13.1 Å². The van der Waals surface area contributed by atoms with E-state index in [1.807, 2.05) is 32.8 Å². The third kappa shape index (κ3) is 4.62. The van der Waals surface area contributed by atoms with Crippen molar-refractivity contribution in [2.24, 2.45) is 0 Å². The molecule has 0 bridgehead atoms. The third-order valence-corrected chi connectivity index (χ3v) is 2.38. The van der Waals surface area contributed by atoms with Crippen LogP contribution < -0.4 is 5.32 Å². The van der Waals surface area contributed by atoms with Gasteiger partial charge in [-0.25, -0.2) is 4.98 Å². The molecule has 0 fully saturated rings. The van der Waals surface area contributed by atoms with Crippen LogP contribution in [0.5, 0.6) is 0 Å². The SMILES string of the molecule is Cc1nnc(NCC(C)(O)CN(C)C)nc1C. The van der Waals surface area contributed by atoms with Crippen molar-refractivity contribution in [1.82, 2.24) is 20.1 Å². The minimum atomic E-state index is -0.828. The summed E-state index contributed by atoms with van der Waals surface area (Å²) in [7, 11) is 3.84. The fraction of sp³-hybridized carbons (Fsp3) is 0.727. The van der Waals surface area contributed by atoms with Crippen LogP contribution in [0.25, 0.3) is 0 Å². The highest BCUT2D eigenvalue weighted by atomic mass is 16.3. The van der Waals surface area contributed by atoms with E-state index >= 15 is 0 Å². The normalized spacial score (nSPS) is 14.8. The zero-order valence-electron chi connectivity index (χ0n) is 11.2. The number of aliphatic hydroxyl groups is 1. The predicted molar refractivity (Wildman–Crippen MR) is 67.0 cm³/mol. The summed E-state index contributed by atoms with van der Waals surface area (Å²) in [5.41, 5.74) is 0.830. The van der Waals surface area contributed by atoms with Crippen molar-refractivity contribution in [3.05, 3.63) is 11.4 Å². The van der Waals surface area contributed by atoms with E-state index < -0.39 is 5.60 Å². The van der Waals surface area contributed by atoms with Gasteiger partial charge in [0.05, 0.1) is 17.0 Å². The lowest BCUT2D eigenvalue weighted by Gasteiger charge is -2.26. The summed E-state index contributed by atoms with van der Waals surface area (Å²) in [5.74, 6) is 0.451. The molecule has 0 radical (unpaired) electrons. The van der Waals surface area contributed by atoms with E-state index in [2.05, 4.69) is 20.5 Å². The van der Waals surface area contributed by atoms with Gasteiger partial charge in [-0.05, 0) is 34.9 Å². The molecule has 1 atom stereocenters. The molecule has 0 aliphatic heterocycles. The highest BCUT2D eigenvalue weighted by molar-refractivity contribution is 5.25. The highest BCUT2D eigenvalue weighted by Crippen LogP contribution is 2.07. The number of anilines is 1. The topological polar surface area (TPSA) is 74.2 Å². The van der Waals surface area contributed by atoms with Crippen molar-refractivity contribution < 1.29 is 5.11 Å². The smallest absolute Gasteiger partial charge is 0.243 e. The molecule has 1 aromatic heterocycles. The molecule has 0 amide bonds. The molecule has 0 saturated carbocycles. The van der Waals surface area contributed by atoms with E-state index in [0.717, 1.165) is 11.4 Å². The maximum atomic E-state index is 10.1. The number of rotatable bonds is 5. The third-order valence-electron chi connectivity index (χ3n) is 2.38. The van der Waals surface area contributed by atoms with E-state index in [0.29, 0.717) is 19.0 Å². The molecular formula is C11H21N5O. The molecule has 0 saturated heterocycles. The number of nitrogens with one attached hydrogen (secondary N) is 1. The van der Waals surface area contributed by atoms with Crippen LogP contribution in [-0.4, -0.2) is 58.0 Å². The Labute approximate surface area is 102 Å². The van der Waals surface area contributed by atoms with Crippen LogP contribution in [0.4, 0.5) is 5.95 Å². The molecule has 1 aromatic rings. The second-order valence-corrected chi connectivity index (χ2v) is 4.89. The van der Waals surface area contributed by atoms with Crippen LogP contribution in [0.3, 0.4) is 0 Å². The second kappa shape index (κ2) is 5.37. The van der Waals surface area contributed by atoms with Crippen LogP contribution >= 0.6 is 0 Å². The summed E-state index contributed by atoms with van der Waals surface area (Å²) in [5, 5.41) is 21.0. The van der Waals surface area contributed by atoms with Gasteiger partial charge in [0.2, 0.25) is 5.95 Å². The van der Waals surface area contributed by atoms with Gasteiger partial charge in [-0.3, -0.25) is 0 Å². The fourth-order valence-electron chi connectivity index (χ4n) is 1.54. The van der Waals surface area contributed by atoms with Crippen molar-refractivity contribution in [3.63, 3.8) is 0 Å². The summed E-state index contributed by atoms with van der Waals surface area (Å²) in [4.78, 5) is 6.18. The summed E-state index contributed by atoms with van der Waals surface area (Å²) < 4.78 is 0. The van der Waals surface area contributed by atoms with Crippen molar-refractivity contribution >= 4 is 5.95 Å². The van der Waals surface area contributed by atoms with Crippen LogP contribution in [0.2, 0.25) is 0 Å². The van der Waals surface area contributed by atoms with Gasteiger partial charge >= 0.3 is 0 Å². The first-order valence-electron chi connectivity index (χ1n) is 5.59. The first-order valence-corrected chi connectivity index (χ1v) is 5.59. The minimum Gasteiger partial charge on any atom is -0.387 e. The average molecular weight is 239 g/mol. The summed E-state index contributed by atoms with van der Waals surface area (Å²) in [6.07, 6.45) is 0. The molecule has 6 heteroatoms. The monoisotopic (exact) mass is 239 g/mol. The van der Waals surface area contributed by atoms with Crippen molar-refractivity contribution in [2.75, 3.05) is 32.5 Å². The maximum Gasteiger partial charge on any atom is 0.243 e. The van der Waals surface area contributed by atoms with Gasteiger partial charge in [0.25, 0.3) is 0 Å². The van der Waals surface area contributed by atoms with Crippen LogP contribution in [0, 0.1) is 13.8 Å². The number of likely N-dealkylation sites (N-methyl/N-ethyl adjacent to an activating group) is 1. The molecule has 1 rings (SSSR count). The lowest BCUT2D eigenvalue weighted by molar-refractivity contribution is 0.0458. The molecule has 0 aliphatic carbocycles. The van der Waals surface area contributed by atoms with Crippen LogP contribution in [-0.2, 0) is 0 Å². The van der Waals surface area contributed by atoms with Crippen LogP contribution in [0.1, 0.15) is 18.3 Å². The molecule has 2 N–H and O–H groups in total. The Hall–Kier alpha value is -1.27. The zero-order valence-corrected chi connectivity index (χ0v) is 11.2. The average Bonchev–Trinajstić information content (AvgIpc) is 2.18. The Balaban J connectivity index is 2.58. The highest BCUT2D eigenvalue weighted by Gasteiger charge is 2.21. The van der Waals surface area contributed by atoms with Gasteiger partial charge in [-0.15, -0.1) is 5.10 Å². The largest absolute Gasteiger partial charge is 0.387 e. The number of nitrogens with zero attached hydrogens (tertiary/aromatic N) is 4. The molecule has 1 unspecified atom stereocenters. The quantitative estimate of drug-likeness (QED) is 0.765. The molecular weight excluding hydrogens is 218 g/mol. The second-order valence-electron chi connectivity index (χ2n) is 4.89. The van der Waals surface area contributed by atoms with E-state index in [4.69, 9.17) is 0 Å². The molecule has 0 spiro atoms. The Morgan fingerprint density at radius 2 is 1.88 bits per heavy atom. The van der Waals surface area contributed by atoms with Crippen molar-refractivity contribution in [1.29, 1.82) is 0 Å². The Bertz CT molecular complexity index is 378. The van der Waals surface area contributed by atoms with Gasteiger partial charge < -0.3 is 15.3 Å². The number of aryl methyl sites for hydroxylation is 2. The van der Waals surface area contributed by atoms with Crippen molar-refractivity contribution in [2.45, 2.75) is 26.4 Å². The lowest BCUT2D eigenvalue weighted by Crippen LogP contribution is -2.43. The predicted octanol–water partition coefficient (Wildman–Crippen LogP) is 0.213. The summed E-state index contributed by atoms with van der Waals surface area (Å²) in [6, 6.07) is 0. The number of hydrogen-bond donors (Lipinski definition) is 2. The Morgan fingerprint density at radius 1 is 1.24 bits per heavy atom. The van der Waals surface area contributed by atoms with Crippen LogP contribution in [0.15, 0.2) is 0 Å².